The van der Waals surface area contributed by atoms with E-state index in [1.54, 1.807) is 18.2 Å². The molecule has 0 aliphatic rings. The highest BCUT2D eigenvalue weighted by atomic mass is 19.4. The third-order valence-electron chi connectivity index (χ3n) is 2.94. The molecule has 0 bridgehead atoms. The Bertz CT molecular complexity index is 686. The molecule has 0 fully saturated rings. The zero-order valence-corrected chi connectivity index (χ0v) is 11.9. The predicted octanol–water partition coefficient (Wildman–Crippen LogP) is 3.60. The third kappa shape index (κ3) is 4.46. The molecule has 2 N–H and O–H groups in total. The summed E-state index contributed by atoms with van der Waals surface area (Å²) in [4.78, 5) is 11.9. The minimum absolute atomic E-state index is 0.156. The van der Waals surface area contributed by atoms with Crippen LogP contribution in [0.25, 0.3) is 0 Å². The molecule has 0 aliphatic heterocycles. The highest BCUT2D eigenvalue weighted by Gasteiger charge is 2.30. The van der Waals surface area contributed by atoms with Gasteiger partial charge in [0.15, 0.2) is 0 Å². The van der Waals surface area contributed by atoms with Gasteiger partial charge in [-0.15, -0.1) is 0 Å². The molecule has 0 aromatic heterocycles. The Balaban J connectivity index is 2.25. The fourth-order valence-corrected chi connectivity index (χ4v) is 1.91. The van der Waals surface area contributed by atoms with Gasteiger partial charge in [-0.25, -0.2) is 4.79 Å². The molecule has 0 saturated carbocycles. The van der Waals surface area contributed by atoms with E-state index in [0.717, 1.165) is 12.1 Å². The molecular weight excluding hydrogens is 311 g/mol. The lowest BCUT2D eigenvalue weighted by atomic mass is 10.1. The summed E-state index contributed by atoms with van der Waals surface area (Å²) >= 11 is 0. The molecule has 4 nitrogen and oxygen atoms in total. The predicted molar refractivity (Wildman–Crippen MR) is 78.5 cm³/mol. The third-order valence-corrected chi connectivity index (χ3v) is 2.94. The number of rotatable bonds is 5. The maximum atomic E-state index is 12.7. The number of nitrogens with one attached hydrogen (secondary N) is 1. The van der Waals surface area contributed by atoms with Crippen LogP contribution in [0.4, 0.5) is 24.5 Å². The lowest BCUT2D eigenvalue weighted by Gasteiger charge is -2.13. The monoisotopic (exact) mass is 325 g/mol. The molecule has 122 valence electrons. The number of hydrogen-bond acceptors (Lipinski definition) is 4. The zero-order chi connectivity index (χ0) is 16.9. The standard InChI is InChI=1S/C16H14F3NO3/c17-16(18,19)11-4-3-5-12(10-11)20-14-7-2-1-6-13(14)15(22)23-9-8-21/h1-7,10,20-21H,8-9H2. The van der Waals surface area contributed by atoms with Gasteiger partial charge in [0, 0.05) is 5.69 Å². The number of aliphatic hydroxyl groups excluding tert-OH is 1. The zero-order valence-electron chi connectivity index (χ0n) is 11.9. The number of alkyl halides is 3. The van der Waals surface area contributed by atoms with Crippen LogP contribution in [-0.4, -0.2) is 24.3 Å². The number of para-hydroxylation sites is 1. The van der Waals surface area contributed by atoms with Crippen molar-refractivity contribution in [1.82, 2.24) is 0 Å². The Kier molecular flexibility index (Phi) is 5.23. The largest absolute Gasteiger partial charge is 0.460 e. The van der Waals surface area contributed by atoms with Gasteiger partial charge in [-0.2, -0.15) is 13.2 Å². The molecule has 2 aromatic rings. The second kappa shape index (κ2) is 7.15. The van der Waals surface area contributed by atoms with Crippen LogP contribution in [0.1, 0.15) is 15.9 Å². The van der Waals surface area contributed by atoms with Crippen molar-refractivity contribution in [3.63, 3.8) is 0 Å². The van der Waals surface area contributed by atoms with Crippen LogP contribution < -0.4 is 5.32 Å². The highest BCUT2D eigenvalue weighted by Crippen LogP contribution is 2.31. The number of carbonyl (C=O) groups is 1. The molecule has 0 radical (unpaired) electrons. The van der Waals surface area contributed by atoms with Crippen molar-refractivity contribution < 1.29 is 27.8 Å². The van der Waals surface area contributed by atoms with Crippen molar-refractivity contribution in [3.8, 4) is 0 Å². The summed E-state index contributed by atoms with van der Waals surface area (Å²) in [6, 6.07) is 10.9. The number of benzene rings is 2. The molecule has 0 unspecified atom stereocenters. The quantitative estimate of drug-likeness (QED) is 0.825. The van der Waals surface area contributed by atoms with Crippen LogP contribution in [0, 0.1) is 0 Å². The molecule has 0 spiro atoms. The SMILES string of the molecule is O=C(OCCO)c1ccccc1Nc1cccc(C(F)(F)F)c1. The minimum Gasteiger partial charge on any atom is -0.460 e. The van der Waals surface area contributed by atoms with Crippen LogP contribution in [0.3, 0.4) is 0 Å². The van der Waals surface area contributed by atoms with E-state index in [2.05, 4.69) is 5.32 Å². The van der Waals surface area contributed by atoms with Crippen molar-refractivity contribution >= 4 is 17.3 Å². The van der Waals surface area contributed by atoms with Gasteiger partial charge in [-0.3, -0.25) is 0 Å². The van der Waals surface area contributed by atoms with Crippen LogP contribution in [0.5, 0.6) is 0 Å². The number of carbonyl (C=O) groups excluding carboxylic acids is 1. The highest BCUT2D eigenvalue weighted by molar-refractivity contribution is 5.96. The lowest BCUT2D eigenvalue weighted by Crippen LogP contribution is -2.11. The number of esters is 1. The average Bonchev–Trinajstić information content (AvgIpc) is 2.52. The number of ether oxygens (including phenoxy) is 1. The maximum absolute atomic E-state index is 12.7. The average molecular weight is 325 g/mol. The smallest absolute Gasteiger partial charge is 0.416 e. The second-order valence-electron chi connectivity index (χ2n) is 4.61. The number of halogens is 3. The molecule has 2 rings (SSSR count). The first kappa shape index (κ1) is 16.8. The summed E-state index contributed by atoms with van der Waals surface area (Å²) < 4.78 is 43.0. The fourth-order valence-electron chi connectivity index (χ4n) is 1.91. The topological polar surface area (TPSA) is 58.6 Å². The molecule has 0 amide bonds. The molecule has 2 aromatic carbocycles. The van der Waals surface area contributed by atoms with E-state index in [1.165, 1.54) is 18.2 Å². The van der Waals surface area contributed by atoms with Gasteiger partial charge in [-0.1, -0.05) is 18.2 Å². The van der Waals surface area contributed by atoms with E-state index >= 15 is 0 Å². The van der Waals surface area contributed by atoms with Gasteiger partial charge in [0.25, 0.3) is 0 Å². The Hall–Kier alpha value is -2.54. The van der Waals surface area contributed by atoms with E-state index in [9.17, 15) is 18.0 Å². The van der Waals surface area contributed by atoms with Gasteiger partial charge >= 0.3 is 12.1 Å². The van der Waals surface area contributed by atoms with Crippen molar-refractivity contribution in [3.05, 3.63) is 59.7 Å². The summed E-state index contributed by atoms with van der Waals surface area (Å²) in [6.07, 6.45) is -4.45. The van der Waals surface area contributed by atoms with E-state index in [1.807, 2.05) is 0 Å². The second-order valence-corrected chi connectivity index (χ2v) is 4.61. The van der Waals surface area contributed by atoms with E-state index in [0.29, 0.717) is 5.69 Å². The summed E-state index contributed by atoms with van der Waals surface area (Å²) in [5.41, 5.74) is -0.113. The fraction of sp³-hybridized carbons (Fsp3) is 0.188. The molecule has 7 heteroatoms. The Labute approximate surface area is 130 Å². The Morgan fingerprint density at radius 2 is 1.87 bits per heavy atom. The molecule has 23 heavy (non-hydrogen) atoms. The van der Waals surface area contributed by atoms with Crippen LogP contribution in [-0.2, 0) is 10.9 Å². The van der Waals surface area contributed by atoms with E-state index in [4.69, 9.17) is 9.84 Å². The van der Waals surface area contributed by atoms with Gasteiger partial charge in [0.05, 0.1) is 23.4 Å². The van der Waals surface area contributed by atoms with Crippen LogP contribution >= 0.6 is 0 Å². The molecule has 0 saturated heterocycles. The summed E-state index contributed by atoms with van der Waals surface area (Å²) in [5, 5.41) is 11.5. The summed E-state index contributed by atoms with van der Waals surface area (Å²) in [5.74, 6) is -0.672. The number of hydrogen-bond donors (Lipinski definition) is 2. The first-order valence-corrected chi connectivity index (χ1v) is 6.73. The molecule has 0 heterocycles. The lowest BCUT2D eigenvalue weighted by molar-refractivity contribution is -0.137. The van der Waals surface area contributed by atoms with Crippen molar-refractivity contribution in [2.24, 2.45) is 0 Å². The Morgan fingerprint density at radius 1 is 1.13 bits per heavy atom. The van der Waals surface area contributed by atoms with Gasteiger partial charge in [0.1, 0.15) is 6.61 Å². The van der Waals surface area contributed by atoms with E-state index in [-0.39, 0.29) is 24.5 Å². The Morgan fingerprint density at radius 3 is 2.57 bits per heavy atom. The first-order valence-electron chi connectivity index (χ1n) is 6.73. The molecule has 0 aliphatic carbocycles. The first-order chi connectivity index (χ1) is 10.9. The normalized spacial score (nSPS) is 11.1. The van der Waals surface area contributed by atoms with Gasteiger partial charge in [-0.05, 0) is 30.3 Å². The van der Waals surface area contributed by atoms with Crippen molar-refractivity contribution in [2.45, 2.75) is 6.18 Å². The summed E-state index contributed by atoms with van der Waals surface area (Å²) in [6.45, 7) is -0.467. The number of anilines is 2. The maximum Gasteiger partial charge on any atom is 0.416 e. The van der Waals surface area contributed by atoms with Gasteiger partial charge in [0.2, 0.25) is 0 Å². The van der Waals surface area contributed by atoms with Crippen LogP contribution in [0.15, 0.2) is 48.5 Å². The molecule has 0 atom stereocenters. The van der Waals surface area contributed by atoms with Crippen molar-refractivity contribution in [2.75, 3.05) is 18.5 Å². The van der Waals surface area contributed by atoms with Crippen molar-refractivity contribution in [1.29, 1.82) is 0 Å². The molecular formula is C16H14F3NO3. The summed E-state index contributed by atoms with van der Waals surface area (Å²) in [7, 11) is 0. The van der Waals surface area contributed by atoms with Gasteiger partial charge < -0.3 is 15.2 Å². The van der Waals surface area contributed by atoms with Crippen LogP contribution in [0.2, 0.25) is 0 Å². The number of aliphatic hydroxyl groups is 1. The van der Waals surface area contributed by atoms with E-state index < -0.39 is 17.7 Å². The minimum atomic E-state index is -4.45.